The molecule has 4 nitrogen and oxygen atoms in total. The Morgan fingerprint density at radius 1 is 1.29 bits per heavy atom. The Labute approximate surface area is 107 Å². The van der Waals surface area contributed by atoms with Crippen molar-refractivity contribution < 1.29 is 13.5 Å². The molecule has 0 spiro atoms. The summed E-state index contributed by atoms with van der Waals surface area (Å²) in [6.45, 7) is 6.37. The van der Waals surface area contributed by atoms with Gasteiger partial charge in [0.2, 0.25) is 10.0 Å². The zero-order valence-electron chi connectivity index (χ0n) is 10.2. The van der Waals surface area contributed by atoms with Crippen LogP contribution < -0.4 is 4.72 Å². The summed E-state index contributed by atoms with van der Waals surface area (Å²) in [7, 11) is -3.58. The van der Waals surface area contributed by atoms with Crippen LogP contribution in [-0.2, 0) is 10.0 Å². The van der Waals surface area contributed by atoms with E-state index in [1.165, 1.54) is 6.07 Å². The van der Waals surface area contributed by atoms with Crippen LogP contribution in [0.2, 0.25) is 5.02 Å². The lowest BCUT2D eigenvalue weighted by atomic mass is 10.2. The fraction of sp³-hybridized carbons (Fsp3) is 0.455. The van der Waals surface area contributed by atoms with Crippen LogP contribution in [0.15, 0.2) is 12.1 Å². The van der Waals surface area contributed by atoms with Crippen LogP contribution >= 0.6 is 11.6 Å². The van der Waals surface area contributed by atoms with Gasteiger partial charge in [0.1, 0.15) is 5.75 Å². The van der Waals surface area contributed by atoms with Gasteiger partial charge in [-0.1, -0.05) is 11.6 Å². The van der Waals surface area contributed by atoms with Crippen molar-refractivity contribution >= 4 is 27.3 Å². The summed E-state index contributed by atoms with van der Waals surface area (Å²) in [5, 5.41) is 10.1. The highest BCUT2D eigenvalue weighted by Gasteiger charge is 2.29. The molecule has 0 aliphatic heterocycles. The second-order valence-corrected chi connectivity index (χ2v) is 7.71. The fourth-order valence-corrected chi connectivity index (χ4v) is 2.14. The van der Waals surface area contributed by atoms with E-state index in [1.807, 2.05) is 0 Å². The predicted molar refractivity (Wildman–Crippen MR) is 70.1 cm³/mol. The zero-order chi connectivity index (χ0) is 13.4. The maximum Gasteiger partial charge on any atom is 0.237 e. The molecule has 1 aromatic rings. The molecule has 17 heavy (non-hydrogen) atoms. The maximum absolute atomic E-state index is 11.9. The quantitative estimate of drug-likeness (QED) is 0.817. The number of anilines is 1. The number of sulfonamides is 1. The van der Waals surface area contributed by atoms with Crippen molar-refractivity contribution in [2.45, 2.75) is 32.4 Å². The molecule has 1 aromatic carbocycles. The molecule has 0 atom stereocenters. The molecule has 96 valence electrons. The Kier molecular flexibility index (Phi) is 3.64. The number of halogens is 1. The van der Waals surface area contributed by atoms with Gasteiger partial charge in [0.15, 0.2) is 0 Å². The third-order valence-electron chi connectivity index (χ3n) is 2.32. The first-order chi connectivity index (χ1) is 7.54. The summed E-state index contributed by atoms with van der Waals surface area (Å²) in [6, 6.07) is 2.94. The summed E-state index contributed by atoms with van der Waals surface area (Å²) >= 11 is 5.82. The summed E-state index contributed by atoms with van der Waals surface area (Å²) in [6.07, 6.45) is 0. The van der Waals surface area contributed by atoms with Crippen molar-refractivity contribution in [1.82, 2.24) is 0 Å². The average Bonchev–Trinajstić information content (AvgIpc) is 2.11. The SMILES string of the molecule is Cc1cc(Cl)cc(NS(=O)(=O)C(C)(C)C)c1O. The minimum absolute atomic E-state index is 0.102. The van der Waals surface area contributed by atoms with Crippen molar-refractivity contribution in [3.8, 4) is 5.75 Å². The van der Waals surface area contributed by atoms with Gasteiger partial charge in [-0.15, -0.1) is 0 Å². The summed E-state index contributed by atoms with van der Waals surface area (Å²) in [5.41, 5.74) is 0.619. The molecule has 6 heteroatoms. The van der Waals surface area contributed by atoms with E-state index in [4.69, 9.17) is 11.6 Å². The highest BCUT2D eigenvalue weighted by atomic mass is 35.5. The number of aryl methyl sites for hydroxylation is 1. The number of nitrogens with one attached hydrogen (secondary N) is 1. The topological polar surface area (TPSA) is 66.4 Å². The highest BCUT2D eigenvalue weighted by Crippen LogP contribution is 2.33. The number of phenols is 1. The number of hydrogen-bond donors (Lipinski definition) is 2. The number of benzene rings is 1. The molecule has 0 fully saturated rings. The summed E-state index contributed by atoms with van der Waals surface area (Å²) in [5.74, 6) is -0.109. The fourth-order valence-electron chi connectivity index (χ4n) is 1.11. The van der Waals surface area contributed by atoms with Gasteiger partial charge in [-0.25, -0.2) is 8.42 Å². The molecule has 0 saturated carbocycles. The van der Waals surface area contributed by atoms with Gasteiger partial charge in [0.25, 0.3) is 0 Å². The molecule has 0 unspecified atom stereocenters. The van der Waals surface area contributed by atoms with E-state index in [0.29, 0.717) is 10.6 Å². The van der Waals surface area contributed by atoms with Crippen LogP contribution in [0.3, 0.4) is 0 Å². The van der Waals surface area contributed by atoms with Crippen LogP contribution in [0, 0.1) is 6.92 Å². The van der Waals surface area contributed by atoms with Crippen LogP contribution in [0.25, 0.3) is 0 Å². The van der Waals surface area contributed by atoms with Gasteiger partial charge in [-0.2, -0.15) is 0 Å². The van der Waals surface area contributed by atoms with Crippen molar-refractivity contribution in [2.75, 3.05) is 4.72 Å². The van der Waals surface area contributed by atoms with Crippen LogP contribution in [0.5, 0.6) is 5.75 Å². The zero-order valence-corrected chi connectivity index (χ0v) is 11.8. The van der Waals surface area contributed by atoms with E-state index in [9.17, 15) is 13.5 Å². The van der Waals surface area contributed by atoms with Gasteiger partial charge in [0.05, 0.1) is 10.4 Å². The maximum atomic E-state index is 11.9. The average molecular weight is 278 g/mol. The Bertz CT molecular complexity index is 532. The van der Waals surface area contributed by atoms with Crippen LogP contribution in [-0.4, -0.2) is 18.3 Å². The van der Waals surface area contributed by atoms with Crippen LogP contribution in [0.1, 0.15) is 26.3 Å². The van der Waals surface area contributed by atoms with E-state index in [2.05, 4.69) is 4.72 Å². The first-order valence-electron chi connectivity index (χ1n) is 5.06. The second kappa shape index (κ2) is 4.38. The molecule has 0 bridgehead atoms. The minimum atomic E-state index is -3.58. The summed E-state index contributed by atoms with van der Waals surface area (Å²) < 4.78 is 25.2. The normalized spacial score (nSPS) is 12.5. The number of hydrogen-bond acceptors (Lipinski definition) is 3. The lowest BCUT2D eigenvalue weighted by Crippen LogP contribution is -2.33. The molecule has 2 N–H and O–H groups in total. The molecule has 0 heterocycles. The Morgan fingerprint density at radius 2 is 1.82 bits per heavy atom. The van der Waals surface area contributed by atoms with Crippen molar-refractivity contribution in [2.24, 2.45) is 0 Å². The molecular weight excluding hydrogens is 262 g/mol. The number of phenolic OH excluding ortho intramolecular Hbond substituents is 1. The summed E-state index contributed by atoms with van der Waals surface area (Å²) in [4.78, 5) is 0. The Balaban J connectivity index is 3.22. The van der Waals surface area contributed by atoms with E-state index < -0.39 is 14.8 Å². The van der Waals surface area contributed by atoms with E-state index in [1.54, 1.807) is 33.8 Å². The first-order valence-corrected chi connectivity index (χ1v) is 6.92. The smallest absolute Gasteiger partial charge is 0.237 e. The largest absolute Gasteiger partial charge is 0.505 e. The van der Waals surface area contributed by atoms with Gasteiger partial charge in [-0.05, 0) is 45.4 Å². The van der Waals surface area contributed by atoms with E-state index >= 15 is 0 Å². The molecule has 0 radical (unpaired) electrons. The number of rotatable bonds is 2. The molecule has 0 aromatic heterocycles. The molecule has 0 aliphatic rings. The van der Waals surface area contributed by atoms with Crippen LogP contribution in [0.4, 0.5) is 5.69 Å². The highest BCUT2D eigenvalue weighted by molar-refractivity contribution is 7.94. The lowest BCUT2D eigenvalue weighted by molar-refractivity contribution is 0.473. The van der Waals surface area contributed by atoms with Gasteiger partial charge in [-0.3, -0.25) is 4.72 Å². The van der Waals surface area contributed by atoms with Crippen molar-refractivity contribution in [3.05, 3.63) is 22.7 Å². The Morgan fingerprint density at radius 3 is 2.29 bits per heavy atom. The Hall–Kier alpha value is -0.940. The lowest BCUT2D eigenvalue weighted by Gasteiger charge is -2.21. The van der Waals surface area contributed by atoms with Gasteiger partial charge < -0.3 is 5.11 Å². The third-order valence-corrected chi connectivity index (χ3v) is 4.64. The van der Waals surface area contributed by atoms with Gasteiger partial charge in [0, 0.05) is 5.02 Å². The van der Waals surface area contributed by atoms with E-state index in [-0.39, 0.29) is 11.4 Å². The number of aromatic hydroxyl groups is 1. The van der Waals surface area contributed by atoms with Crippen molar-refractivity contribution in [3.63, 3.8) is 0 Å². The molecule has 0 saturated heterocycles. The predicted octanol–water partition coefficient (Wildman–Crippen LogP) is 2.89. The molecule has 1 rings (SSSR count). The van der Waals surface area contributed by atoms with E-state index in [0.717, 1.165) is 0 Å². The van der Waals surface area contributed by atoms with Crippen molar-refractivity contribution in [1.29, 1.82) is 0 Å². The monoisotopic (exact) mass is 277 g/mol. The molecule has 0 amide bonds. The second-order valence-electron chi connectivity index (χ2n) is 4.84. The standard InChI is InChI=1S/C11H16ClNO3S/c1-7-5-8(12)6-9(10(7)14)13-17(15,16)11(2,3)4/h5-6,13-14H,1-4H3. The first kappa shape index (κ1) is 14.1. The third kappa shape index (κ3) is 3.04. The molecular formula is C11H16ClNO3S. The van der Waals surface area contributed by atoms with Gasteiger partial charge >= 0.3 is 0 Å². The minimum Gasteiger partial charge on any atom is -0.505 e. The molecule has 0 aliphatic carbocycles.